The Morgan fingerprint density at radius 2 is 2.33 bits per heavy atom. The molecule has 0 fully saturated rings. The minimum Gasteiger partial charge on any atom is -0.492 e. The number of nitrogens with zero attached hydrogens (tertiary/aromatic N) is 2. The zero-order valence-corrected chi connectivity index (χ0v) is 11.8. The van der Waals surface area contributed by atoms with Crippen molar-refractivity contribution in [2.45, 2.75) is 0 Å². The summed E-state index contributed by atoms with van der Waals surface area (Å²) in [5.74, 6) is 0.609. The number of urea groups is 1. The van der Waals surface area contributed by atoms with E-state index in [4.69, 9.17) is 27.8 Å². The Balaban J connectivity index is 2.24. The predicted molar refractivity (Wildman–Crippen MR) is 80.2 cm³/mol. The molecule has 0 aromatic heterocycles. The van der Waals surface area contributed by atoms with Gasteiger partial charge >= 0.3 is 6.03 Å². The van der Waals surface area contributed by atoms with E-state index in [9.17, 15) is 4.79 Å². The average molecular weight is 311 g/mol. The van der Waals surface area contributed by atoms with Crippen LogP contribution in [0.5, 0.6) is 5.75 Å². The molecule has 1 aromatic rings. The standard InChI is InChI=1S/C12H15ClN6O2/c13-8-1-2-11(21-6-4-14)9(7-8)10-3-5-16-19(17-10)18-12(15)20/h1-3,5,7,17H,4,6,14H2,(H3,15,18,20). The highest BCUT2D eigenvalue weighted by Gasteiger charge is 2.15. The van der Waals surface area contributed by atoms with Crippen molar-refractivity contribution in [3.8, 4) is 5.75 Å². The fourth-order valence-corrected chi connectivity index (χ4v) is 1.85. The Morgan fingerprint density at radius 3 is 3.05 bits per heavy atom. The molecular formula is C12H15ClN6O2. The molecule has 0 aliphatic carbocycles. The monoisotopic (exact) mass is 310 g/mol. The number of nitrogens with one attached hydrogen (secondary N) is 2. The lowest BCUT2D eigenvalue weighted by atomic mass is 10.1. The highest BCUT2D eigenvalue weighted by atomic mass is 35.5. The molecule has 0 unspecified atom stereocenters. The number of hydrogen-bond acceptors (Lipinski definition) is 6. The average Bonchev–Trinajstić information content (AvgIpc) is 2.45. The zero-order valence-electron chi connectivity index (χ0n) is 11.0. The van der Waals surface area contributed by atoms with Crippen LogP contribution in [0.3, 0.4) is 0 Å². The van der Waals surface area contributed by atoms with Crippen molar-refractivity contribution < 1.29 is 9.53 Å². The maximum absolute atomic E-state index is 10.8. The van der Waals surface area contributed by atoms with Gasteiger partial charge in [-0.25, -0.2) is 10.2 Å². The summed E-state index contributed by atoms with van der Waals surface area (Å²) < 4.78 is 5.57. The number of hydrazone groups is 1. The van der Waals surface area contributed by atoms with E-state index in [0.29, 0.717) is 35.2 Å². The second-order valence-electron chi connectivity index (χ2n) is 4.02. The molecular weight excluding hydrogens is 296 g/mol. The molecule has 2 rings (SSSR count). The number of hydrazine groups is 2. The molecule has 0 saturated heterocycles. The molecule has 1 heterocycles. The highest BCUT2D eigenvalue weighted by Crippen LogP contribution is 2.28. The Bertz CT molecular complexity index is 589. The molecule has 0 bridgehead atoms. The summed E-state index contributed by atoms with van der Waals surface area (Å²) in [4.78, 5) is 10.8. The van der Waals surface area contributed by atoms with Crippen LogP contribution in [0.25, 0.3) is 5.70 Å². The number of hydrogen-bond donors (Lipinski definition) is 4. The molecule has 6 N–H and O–H groups in total. The molecule has 0 radical (unpaired) electrons. The first-order valence-electron chi connectivity index (χ1n) is 6.10. The van der Waals surface area contributed by atoms with Crippen LogP contribution < -0.4 is 27.1 Å². The number of rotatable bonds is 5. The lowest BCUT2D eigenvalue weighted by Crippen LogP contribution is -2.49. The number of allylic oxidation sites excluding steroid dienone is 1. The highest BCUT2D eigenvalue weighted by molar-refractivity contribution is 6.30. The molecule has 112 valence electrons. The van der Waals surface area contributed by atoms with Crippen LogP contribution in [0.15, 0.2) is 29.4 Å². The van der Waals surface area contributed by atoms with E-state index < -0.39 is 6.03 Å². The number of amides is 2. The maximum atomic E-state index is 10.8. The van der Waals surface area contributed by atoms with E-state index >= 15 is 0 Å². The third-order valence-electron chi connectivity index (χ3n) is 2.47. The van der Waals surface area contributed by atoms with Crippen LogP contribution in [-0.2, 0) is 0 Å². The van der Waals surface area contributed by atoms with E-state index in [1.165, 1.54) is 6.21 Å². The first-order valence-corrected chi connectivity index (χ1v) is 6.48. The van der Waals surface area contributed by atoms with Gasteiger partial charge in [0.05, 0.1) is 11.9 Å². The SMILES string of the molecule is NCCOc1ccc(Cl)cc1C1=CC=NN(NC(N)=O)N1. The van der Waals surface area contributed by atoms with E-state index in [1.54, 1.807) is 24.3 Å². The summed E-state index contributed by atoms with van der Waals surface area (Å²) in [5, 5.41) is 5.51. The van der Waals surface area contributed by atoms with Gasteiger partial charge in [0.2, 0.25) is 0 Å². The normalized spacial score (nSPS) is 13.4. The summed E-state index contributed by atoms with van der Waals surface area (Å²) in [6, 6.07) is 4.45. The first kappa shape index (κ1) is 14.9. The first-order chi connectivity index (χ1) is 10.1. The lowest BCUT2D eigenvalue weighted by Gasteiger charge is -2.25. The minimum atomic E-state index is -0.744. The molecule has 0 saturated carbocycles. The van der Waals surface area contributed by atoms with Crippen molar-refractivity contribution in [1.82, 2.24) is 16.1 Å². The van der Waals surface area contributed by atoms with Crippen molar-refractivity contribution in [2.75, 3.05) is 13.2 Å². The molecule has 1 aromatic carbocycles. The van der Waals surface area contributed by atoms with Gasteiger partial charge in [-0.1, -0.05) is 11.6 Å². The Kier molecular flexibility index (Phi) is 4.85. The molecule has 21 heavy (non-hydrogen) atoms. The van der Waals surface area contributed by atoms with Gasteiger partial charge < -0.3 is 16.2 Å². The Hall–Kier alpha value is -2.45. The summed E-state index contributed by atoms with van der Waals surface area (Å²) in [6.45, 7) is 0.768. The van der Waals surface area contributed by atoms with Gasteiger partial charge in [0.15, 0.2) is 0 Å². The maximum Gasteiger partial charge on any atom is 0.333 e. The van der Waals surface area contributed by atoms with E-state index in [0.717, 1.165) is 5.23 Å². The molecule has 2 amide bonds. The van der Waals surface area contributed by atoms with Crippen LogP contribution >= 0.6 is 11.6 Å². The van der Waals surface area contributed by atoms with Gasteiger partial charge in [0.1, 0.15) is 12.4 Å². The van der Waals surface area contributed by atoms with Crippen LogP contribution in [0.2, 0.25) is 5.02 Å². The van der Waals surface area contributed by atoms with Crippen molar-refractivity contribution in [1.29, 1.82) is 0 Å². The number of nitrogens with two attached hydrogens (primary N) is 2. The topological polar surface area (TPSA) is 118 Å². The second-order valence-corrected chi connectivity index (χ2v) is 4.46. The number of primary amides is 1. The van der Waals surface area contributed by atoms with E-state index in [-0.39, 0.29) is 0 Å². The number of benzene rings is 1. The Labute approximate surface area is 126 Å². The molecule has 0 atom stereocenters. The fraction of sp³-hybridized carbons (Fsp3) is 0.167. The Morgan fingerprint density at radius 1 is 1.52 bits per heavy atom. The van der Waals surface area contributed by atoms with Gasteiger partial charge in [-0.05, 0) is 24.3 Å². The van der Waals surface area contributed by atoms with Crippen LogP contribution in [0, 0.1) is 0 Å². The van der Waals surface area contributed by atoms with Gasteiger partial charge in [0.25, 0.3) is 0 Å². The number of halogens is 1. The van der Waals surface area contributed by atoms with Gasteiger partial charge in [0, 0.05) is 17.1 Å². The molecule has 8 nitrogen and oxygen atoms in total. The minimum absolute atomic E-state index is 0.374. The third-order valence-corrected chi connectivity index (χ3v) is 2.71. The second kappa shape index (κ2) is 6.82. The van der Waals surface area contributed by atoms with Crippen molar-refractivity contribution in [3.05, 3.63) is 34.9 Å². The molecule has 1 aliphatic rings. The zero-order chi connectivity index (χ0) is 15.2. The smallest absolute Gasteiger partial charge is 0.333 e. The molecule has 0 spiro atoms. The summed E-state index contributed by atoms with van der Waals surface area (Å²) in [6.07, 6.45) is 3.20. The number of ether oxygens (including phenoxy) is 1. The summed E-state index contributed by atoms with van der Waals surface area (Å²) in [7, 11) is 0. The van der Waals surface area contributed by atoms with Crippen molar-refractivity contribution in [3.63, 3.8) is 0 Å². The van der Waals surface area contributed by atoms with Crippen LogP contribution in [0.4, 0.5) is 4.79 Å². The van der Waals surface area contributed by atoms with Gasteiger partial charge in [-0.2, -0.15) is 0 Å². The number of carbonyl (C=O) groups is 1. The molecule has 1 aliphatic heterocycles. The predicted octanol–water partition coefficient (Wildman–Crippen LogP) is 0.408. The quantitative estimate of drug-likeness (QED) is 0.628. The van der Waals surface area contributed by atoms with Crippen molar-refractivity contribution in [2.24, 2.45) is 16.6 Å². The van der Waals surface area contributed by atoms with Gasteiger partial charge in [-0.3, -0.25) is 5.43 Å². The van der Waals surface area contributed by atoms with E-state index in [2.05, 4.69) is 16.0 Å². The molecule has 9 heteroatoms. The fourth-order valence-electron chi connectivity index (χ4n) is 1.67. The van der Waals surface area contributed by atoms with Crippen molar-refractivity contribution >= 4 is 29.5 Å². The summed E-state index contributed by atoms with van der Waals surface area (Å²) in [5.41, 5.74) is 17.0. The largest absolute Gasteiger partial charge is 0.492 e. The number of carbonyl (C=O) groups excluding carboxylic acids is 1. The van der Waals surface area contributed by atoms with Crippen LogP contribution in [-0.4, -0.2) is 30.6 Å². The summed E-state index contributed by atoms with van der Waals surface area (Å²) >= 11 is 6.02. The lowest BCUT2D eigenvalue weighted by molar-refractivity contribution is 0.158. The third kappa shape index (κ3) is 4.01. The van der Waals surface area contributed by atoms with Crippen LogP contribution in [0.1, 0.15) is 5.56 Å². The van der Waals surface area contributed by atoms with Gasteiger partial charge in [-0.15, -0.1) is 10.3 Å². The van der Waals surface area contributed by atoms with E-state index in [1.807, 2.05) is 0 Å².